The Kier molecular flexibility index (Phi) is 9.45. The Morgan fingerprint density at radius 1 is 1.33 bits per heavy atom. The number of Topliss-reactive ketones (excluding diaryl/α,β-unsaturated/α-hetero) is 1. The summed E-state index contributed by atoms with van der Waals surface area (Å²) in [5.41, 5.74) is 0. The standard InChI is InChI=1S/C5H11O8P.Na/c6-1-3(7)5(9)4(8)2-13-14(10,11)12;/h4-6,8-9H,1-2H2,(H2,10,11,12);. The Morgan fingerprint density at radius 3 is 2.13 bits per heavy atom. The maximum absolute atomic E-state index is 10.6. The van der Waals surface area contributed by atoms with Gasteiger partial charge in [0.2, 0.25) is 0 Å². The van der Waals surface area contributed by atoms with Crippen molar-refractivity contribution in [2.75, 3.05) is 13.2 Å². The van der Waals surface area contributed by atoms with Crippen molar-refractivity contribution in [3.05, 3.63) is 0 Å². The first-order valence-electron chi connectivity index (χ1n) is 3.47. The summed E-state index contributed by atoms with van der Waals surface area (Å²) in [6, 6.07) is 0. The third-order valence-electron chi connectivity index (χ3n) is 1.26. The third-order valence-corrected chi connectivity index (χ3v) is 1.75. The van der Waals surface area contributed by atoms with Crippen LogP contribution in [0.15, 0.2) is 0 Å². The summed E-state index contributed by atoms with van der Waals surface area (Å²) >= 11 is 0. The van der Waals surface area contributed by atoms with Crippen LogP contribution in [0.5, 0.6) is 0 Å². The molecule has 0 aromatic carbocycles. The number of phosphoric acid groups is 1. The summed E-state index contributed by atoms with van der Waals surface area (Å²) in [5, 5.41) is 26.1. The van der Waals surface area contributed by atoms with Crippen LogP contribution in [0, 0.1) is 0 Å². The second-order valence-corrected chi connectivity index (χ2v) is 3.66. The molecular formula is C5H11NaO8P. The Hall–Kier alpha value is 0.660. The summed E-state index contributed by atoms with van der Waals surface area (Å²) < 4.78 is 14.0. The second-order valence-electron chi connectivity index (χ2n) is 2.42. The van der Waals surface area contributed by atoms with Crippen molar-refractivity contribution in [1.82, 2.24) is 0 Å². The molecule has 1 radical (unpaired) electrons. The van der Waals surface area contributed by atoms with Crippen LogP contribution in [-0.2, 0) is 13.9 Å². The Morgan fingerprint density at radius 2 is 1.80 bits per heavy atom. The molecule has 0 saturated heterocycles. The quantitative estimate of drug-likeness (QED) is 0.249. The van der Waals surface area contributed by atoms with Crippen LogP contribution < -0.4 is 0 Å². The molecule has 0 spiro atoms. The van der Waals surface area contributed by atoms with Gasteiger partial charge in [0, 0.05) is 29.6 Å². The zero-order valence-corrected chi connectivity index (χ0v) is 10.9. The molecule has 85 valence electrons. The first-order chi connectivity index (χ1) is 6.28. The number of hydrogen-bond acceptors (Lipinski definition) is 6. The van der Waals surface area contributed by atoms with E-state index in [0.29, 0.717) is 0 Å². The van der Waals surface area contributed by atoms with Crippen LogP contribution in [0.3, 0.4) is 0 Å². The Balaban J connectivity index is 0. The van der Waals surface area contributed by atoms with Gasteiger partial charge in [-0.15, -0.1) is 0 Å². The zero-order chi connectivity index (χ0) is 11.4. The fourth-order valence-corrected chi connectivity index (χ4v) is 0.920. The molecule has 0 aromatic heterocycles. The van der Waals surface area contributed by atoms with Gasteiger partial charge in [0.25, 0.3) is 0 Å². The molecule has 0 aromatic rings. The first-order valence-corrected chi connectivity index (χ1v) is 5.00. The van der Waals surface area contributed by atoms with Crippen molar-refractivity contribution >= 4 is 43.2 Å². The molecule has 2 unspecified atom stereocenters. The van der Waals surface area contributed by atoms with E-state index in [9.17, 15) is 9.36 Å². The maximum Gasteiger partial charge on any atom is 0.469 e. The molecule has 0 amide bonds. The van der Waals surface area contributed by atoms with E-state index < -0.39 is 39.0 Å². The number of ketones is 1. The predicted molar refractivity (Wildman–Crippen MR) is 47.9 cm³/mol. The van der Waals surface area contributed by atoms with Crippen LogP contribution >= 0.6 is 7.82 Å². The number of rotatable bonds is 6. The monoisotopic (exact) mass is 253 g/mol. The summed E-state index contributed by atoms with van der Waals surface area (Å²) in [6.07, 6.45) is -3.71. The number of phosphoric ester groups is 1. The number of hydrogen-bond donors (Lipinski definition) is 5. The normalized spacial score (nSPS) is 15.3. The van der Waals surface area contributed by atoms with Crippen LogP contribution in [0.25, 0.3) is 0 Å². The van der Waals surface area contributed by atoms with Crippen molar-refractivity contribution in [1.29, 1.82) is 0 Å². The number of carbonyl (C=O) groups excluding carboxylic acids is 1. The first kappa shape index (κ1) is 18.0. The minimum absolute atomic E-state index is 0. The van der Waals surface area contributed by atoms with Crippen LogP contribution in [0.1, 0.15) is 0 Å². The third kappa shape index (κ3) is 8.47. The fourth-order valence-electron chi connectivity index (χ4n) is 0.573. The van der Waals surface area contributed by atoms with Gasteiger partial charge >= 0.3 is 7.82 Å². The molecule has 0 rings (SSSR count). The van der Waals surface area contributed by atoms with Gasteiger partial charge in [0.1, 0.15) is 18.8 Å². The zero-order valence-electron chi connectivity index (χ0n) is 7.98. The van der Waals surface area contributed by atoms with E-state index >= 15 is 0 Å². The van der Waals surface area contributed by atoms with Crippen LogP contribution in [0.2, 0.25) is 0 Å². The van der Waals surface area contributed by atoms with Gasteiger partial charge in [-0.25, -0.2) is 4.57 Å². The van der Waals surface area contributed by atoms with Crippen molar-refractivity contribution in [2.45, 2.75) is 12.2 Å². The average molecular weight is 253 g/mol. The van der Waals surface area contributed by atoms with E-state index in [-0.39, 0.29) is 29.6 Å². The van der Waals surface area contributed by atoms with Gasteiger partial charge in [-0.1, -0.05) is 0 Å². The Labute approximate surface area is 107 Å². The second kappa shape index (κ2) is 7.86. The van der Waals surface area contributed by atoms with Crippen LogP contribution in [-0.4, -0.2) is 85.9 Å². The molecule has 10 heteroatoms. The molecular weight excluding hydrogens is 242 g/mol. The number of carbonyl (C=O) groups is 1. The van der Waals surface area contributed by atoms with Crippen LogP contribution in [0.4, 0.5) is 0 Å². The average Bonchev–Trinajstić information content (AvgIpc) is 2.10. The van der Waals surface area contributed by atoms with Crippen molar-refractivity contribution in [2.24, 2.45) is 0 Å². The van der Waals surface area contributed by atoms with Gasteiger partial charge < -0.3 is 25.1 Å². The van der Waals surface area contributed by atoms with E-state index in [1.165, 1.54) is 0 Å². The van der Waals surface area contributed by atoms with Gasteiger partial charge in [0.15, 0.2) is 5.78 Å². The van der Waals surface area contributed by atoms with Gasteiger partial charge in [0.05, 0.1) is 6.61 Å². The van der Waals surface area contributed by atoms with E-state index in [1.54, 1.807) is 0 Å². The molecule has 2 atom stereocenters. The van der Waals surface area contributed by atoms with Crippen molar-refractivity contribution in [3.63, 3.8) is 0 Å². The summed E-state index contributed by atoms with van der Waals surface area (Å²) in [4.78, 5) is 27.0. The van der Waals surface area contributed by atoms with E-state index in [0.717, 1.165) is 0 Å². The van der Waals surface area contributed by atoms with Gasteiger partial charge in [-0.3, -0.25) is 9.32 Å². The van der Waals surface area contributed by atoms with Gasteiger partial charge in [-0.05, 0) is 0 Å². The predicted octanol–water partition coefficient (Wildman–Crippen LogP) is -3.00. The summed E-state index contributed by atoms with van der Waals surface area (Å²) in [6.45, 7) is -1.88. The molecule has 0 aliphatic carbocycles. The minimum atomic E-state index is -4.74. The van der Waals surface area contributed by atoms with E-state index in [2.05, 4.69) is 4.52 Å². The molecule has 15 heavy (non-hydrogen) atoms. The van der Waals surface area contributed by atoms with Crippen molar-refractivity contribution < 1.29 is 39.0 Å². The largest absolute Gasteiger partial charge is 0.469 e. The Bertz CT molecular complexity index is 239. The van der Waals surface area contributed by atoms with E-state index in [1.807, 2.05) is 0 Å². The molecule has 0 fully saturated rings. The summed E-state index contributed by atoms with van der Waals surface area (Å²) in [7, 11) is -4.74. The molecule has 5 N–H and O–H groups in total. The maximum atomic E-state index is 10.6. The molecule has 8 nitrogen and oxygen atoms in total. The molecule has 0 aliphatic rings. The molecule has 0 saturated carbocycles. The minimum Gasteiger partial charge on any atom is -0.388 e. The molecule has 0 heterocycles. The summed E-state index contributed by atoms with van der Waals surface area (Å²) in [5.74, 6) is -1.06. The van der Waals surface area contributed by atoms with Crippen molar-refractivity contribution in [3.8, 4) is 0 Å². The SMILES string of the molecule is O=C(CO)C(O)C(O)COP(=O)(O)O.[Na]. The molecule has 0 bridgehead atoms. The number of aliphatic hydroxyl groups excluding tert-OH is 3. The number of aliphatic hydroxyl groups is 3. The topological polar surface area (TPSA) is 145 Å². The smallest absolute Gasteiger partial charge is 0.388 e. The van der Waals surface area contributed by atoms with Gasteiger partial charge in [-0.2, -0.15) is 0 Å². The molecule has 0 aliphatic heterocycles. The van der Waals surface area contributed by atoms with E-state index in [4.69, 9.17) is 25.1 Å². The fraction of sp³-hybridized carbons (Fsp3) is 0.800.